The number of ether oxygens (including phenoxy) is 1. The molecule has 0 radical (unpaired) electrons. The molecule has 2 aliphatic rings. The first-order valence-corrected chi connectivity index (χ1v) is 11.7. The number of nitrogens with zero attached hydrogens (tertiary/aromatic N) is 2. The van der Waals surface area contributed by atoms with Crippen LogP contribution in [0.25, 0.3) is 0 Å². The molecule has 166 valence electrons. The predicted molar refractivity (Wildman–Crippen MR) is 122 cm³/mol. The first-order chi connectivity index (χ1) is 14.8. The van der Waals surface area contributed by atoms with Crippen LogP contribution in [-0.4, -0.2) is 47.8 Å². The minimum absolute atomic E-state index is 0.0317. The Bertz CT molecular complexity index is 1030. The summed E-state index contributed by atoms with van der Waals surface area (Å²) in [5, 5.41) is 2.99. The number of carbonyl (C=O) groups excluding carboxylic acids is 1. The second-order valence-electron chi connectivity index (χ2n) is 7.59. The Morgan fingerprint density at radius 2 is 1.90 bits per heavy atom. The van der Waals surface area contributed by atoms with E-state index < -0.39 is 22.9 Å². The third-order valence-corrected chi connectivity index (χ3v) is 7.58. The summed E-state index contributed by atoms with van der Waals surface area (Å²) >= 11 is 10.9. The van der Waals surface area contributed by atoms with Crippen molar-refractivity contribution in [1.29, 1.82) is 0 Å². The van der Waals surface area contributed by atoms with E-state index in [-0.39, 0.29) is 10.6 Å². The first kappa shape index (κ1) is 22.5. The van der Waals surface area contributed by atoms with Gasteiger partial charge < -0.3 is 10.1 Å². The zero-order valence-corrected chi connectivity index (χ0v) is 19.2. The lowest BCUT2D eigenvalue weighted by Gasteiger charge is -2.23. The van der Waals surface area contributed by atoms with Crippen LogP contribution < -0.4 is 9.62 Å². The molecule has 0 aromatic heterocycles. The maximum absolute atomic E-state index is 14.5. The number of amides is 1. The molecule has 2 saturated heterocycles. The number of rotatable bonds is 4. The molecule has 1 atom stereocenters. The molecule has 2 aliphatic heterocycles. The molecular formula is C21H22Cl2FN3O3S. The van der Waals surface area contributed by atoms with Gasteiger partial charge in [0.15, 0.2) is 11.2 Å². The Labute approximate surface area is 193 Å². The Balaban J connectivity index is 1.60. The average Bonchev–Trinajstić information content (AvgIpc) is 3.08. The van der Waals surface area contributed by atoms with E-state index in [2.05, 4.69) is 5.32 Å². The monoisotopic (exact) mass is 485 g/mol. The highest BCUT2D eigenvalue weighted by molar-refractivity contribution is 7.84. The number of anilines is 2. The van der Waals surface area contributed by atoms with Gasteiger partial charge in [0.1, 0.15) is 5.82 Å². The molecule has 1 amide bonds. The van der Waals surface area contributed by atoms with Crippen LogP contribution in [0, 0.1) is 5.82 Å². The van der Waals surface area contributed by atoms with E-state index in [0.717, 1.165) is 18.4 Å². The van der Waals surface area contributed by atoms with Gasteiger partial charge in [-0.25, -0.2) is 12.9 Å². The molecular weight excluding hydrogens is 464 g/mol. The molecule has 10 heteroatoms. The van der Waals surface area contributed by atoms with Crippen molar-refractivity contribution in [1.82, 2.24) is 4.31 Å². The second-order valence-corrected chi connectivity index (χ2v) is 9.93. The molecule has 2 aromatic rings. The van der Waals surface area contributed by atoms with E-state index >= 15 is 0 Å². The van der Waals surface area contributed by atoms with Crippen LogP contribution in [0.4, 0.5) is 15.8 Å². The van der Waals surface area contributed by atoms with Crippen molar-refractivity contribution in [3.63, 3.8) is 0 Å². The Kier molecular flexibility index (Phi) is 6.83. The van der Waals surface area contributed by atoms with Crippen LogP contribution in [-0.2, 0) is 15.9 Å². The lowest BCUT2D eigenvalue weighted by Crippen LogP contribution is -2.24. The molecule has 4 rings (SSSR count). The van der Waals surface area contributed by atoms with Gasteiger partial charge in [-0.2, -0.15) is 0 Å². The van der Waals surface area contributed by atoms with Crippen molar-refractivity contribution >= 4 is 51.7 Å². The standard InChI is InChI=1S/C21H22Cl2FN3O3S/c1-26-4-5-27(31(26)29)17-11-18(20(23)19(24)12-17)21(28)25-16-9-14(8-15(22)10-16)13-2-6-30-7-3-13/h8-13H,2-7H2,1H3,(H,25,28). The van der Waals surface area contributed by atoms with E-state index in [9.17, 15) is 13.4 Å². The normalized spacial score (nSPS) is 20.3. The summed E-state index contributed by atoms with van der Waals surface area (Å²) in [5.74, 6) is -1.01. The fourth-order valence-electron chi connectivity index (χ4n) is 3.81. The van der Waals surface area contributed by atoms with Gasteiger partial charge in [0.25, 0.3) is 5.91 Å². The molecule has 31 heavy (non-hydrogen) atoms. The van der Waals surface area contributed by atoms with Crippen LogP contribution in [0.15, 0.2) is 30.3 Å². The number of likely N-dealkylation sites (N-methyl/N-ethyl adjacent to an activating group) is 1. The topological polar surface area (TPSA) is 61.9 Å². The quantitative estimate of drug-likeness (QED) is 0.687. The van der Waals surface area contributed by atoms with Gasteiger partial charge in [-0.05, 0) is 54.7 Å². The van der Waals surface area contributed by atoms with Gasteiger partial charge in [0.05, 0.1) is 16.3 Å². The number of benzene rings is 2. The van der Waals surface area contributed by atoms with Crippen molar-refractivity contribution < 1.29 is 18.1 Å². The molecule has 2 heterocycles. The Hall–Kier alpha value is -1.71. The van der Waals surface area contributed by atoms with Crippen molar-refractivity contribution in [3.8, 4) is 0 Å². The fourth-order valence-corrected chi connectivity index (χ4v) is 5.35. The largest absolute Gasteiger partial charge is 0.381 e. The summed E-state index contributed by atoms with van der Waals surface area (Å²) in [6.45, 7) is 2.39. The smallest absolute Gasteiger partial charge is 0.257 e. The predicted octanol–water partition coefficient (Wildman–Crippen LogP) is 4.61. The molecule has 6 nitrogen and oxygen atoms in total. The SMILES string of the molecule is CN1CCN(c2cc(F)c(Cl)c(C(=O)Nc3cc(Cl)cc(C4CCOCC4)c3)c2)S1=O. The summed E-state index contributed by atoms with van der Waals surface area (Å²) in [7, 11) is 1.71. The molecule has 1 unspecified atom stereocenters. The number of halogens is 3. The number of hydrogen-bond acceptors (Lipinski definition) is 3. The summed E-state index contributed by atoms with van der Waals surface area (Å²) in [5.41, 5.74) is 1.83. The molecule has 0 spiro atoms. The lowest BCUT2D eigenvalue weighted by molar-refractivity contribution is 0.0853. The lowest BCUT2D eigenvalue weighted by atomic mass is 9.91. The van der Waals surface area contributed by atoms with Gasteiger partial charge >= 0.3 is 0 Å². The summed E-state index contributed by atoms with van der Waals surface area (Å²) in [6.07, 6.45) is 1.77. The molecule has 2 fully saturated rings. The zero-order valence-electron chi connectivity index (χ0n) is 16.9. The van der Waals surface area contributed by atoms with Crippen LogP contribution >= 0.6 is 23.2 Å². The van der Waals surface area contributed by atoms with Crippen LogP contribution in [0.5, 0.6) is 0 Å². The van der Waals surface area contributed by atoms with Crippen LogP contribution in [0.1, 0.15) is 34.7 Å². The summed E-state index contributed by atoms with van der Waals surface area (Å²) in [6, 6.07) is 8.06. The summed E-state index contributed by atoms with van der Waals surface area (Å²) < 4.78 is 35.5. The third kappa shape index (κ3) is 4.88. The van der Waals surface area contributed by atoms with E-state index in [0.29, 0.717) is 48.6 Å². The fraction of sp³-hybridized carbons (Fsp3) is 0.381. The first-order valence-electron chi connectivity index (χ1n) is 9.93. The van der Waals surface area contributed by atoms with Gasteiger partial charge in [-0.3, -0.25) is 9.10 Å². The van der Waals surface area contributed by atoms with E-state index in [4.69, 9.17) is 27.9 Å². The minimum atomic E-state index is -1.44. The second kappa shape index (κ2) is 9.42. The number of nitrogens with one attached hydrogen (secondary N) is 1. The van der Waals surface area contributed by atoms with Gasteiger partial charge in [-0.1, -0.05) is 23.2 Å². The summed E-state index contributed by atoms with van der Waals surface area (Å²) in [4.78, 5) is 13.0. The number of hydrogen-bond donors (Lipinski definition) is 1. The maximum Gasteiger partial charge on any atom is 0.257 e. The minimum Gasteiger partial charge on any atom is -0.381 e. The molecule has 0 aliphatic carbocycles. The van der Waals surface area contributed by atoms with E-state index in [1.165, 1.54) is 16.4 Å². The molecule has 0 saturated carbocycles. The van der Waals surface area contributed by atoms with Crippen molar-refractivity contribution in [2.75, 3.05) is 43.0 Å². The Morgan fingerprint density at radius 3 is 2.58 bits per heavy atom. The maximum atomic E-state index is 14.5. The van der Waals surface area contributed by atoms with Crippen molar-refractivity contribution in [2.24, 2.45) is 0 Å². The van der Waals surface area contributed by atoms with E-state index in [1.807, 2.05) is 12.1 Å². The van der Waals surface area contributed by atoms with Gasteiger partial charge in [-0.15, -0.1) is 0 Å². The van der Waals surface area contributed by atoms with Gasteiger partial charge in [0.2, 0.25) is 0 Å². The van der Waals surface area contributed by atoms with E-state index in [1.54, 1.807) is 17.4 Å². The highest BCUT2D eigenvalue weighted by Crippen LogP contribution is 2.33. The zero-order chi connectivity index (χ0) is 22.1. The average molecular weight is 486 g/mol. The van der Waals surface area contributed by atoms with Gasteiger partial charge in [0, 0.05) is 44.1 Å². The number of carbonyl (C=O) groups is 1. The molecule has 2 aromatic carbocycles. The van der Waals surface area contributed by atoms with Crippen molar-refractivity contribution in [2.45, 2.75) is 18.8 Å². The molecule has 0 bridgehead atoms. The highest BCUT2D eigenvalue weighted by Gasteiger charge is 2.28. The van der Waals surface area contributed by atoms with Crippen LogP contribution in [0.2, 0.25) is 10.0 Å². The Morgan fingerprint density at radius 1 is 1.16 bits per heavy atom. The van der Waals surface area contributed by atoms with Crippen molar-refractivity contribution in [3.05, 3.63) is 57.3 Å². The molecule has 1 N–H and O–H groups in total. The third-order valence-electron chi connectivity index (χ3n) is 5.49. The van der Waals surface area contributed by atoms with Crippen LogP contribution in [0.3, 0.4) is 0 Å². The highest BCUT2D eigenvalue weighted by atomic mass is 35.5.